The fourth-order valence-electron chi connectivity index (χ4n) is 0.974. The molecule has 1 aromatic heterocycles. The van der Waals surface area contributed by atoms with E-state index in [9.17, 15) is 0 Å². The first kappa shape index (κ1) is 9.96. The minimum absolute atomic E-state index is 0.690. The Balaban J connectivity index is 2.45. The van der Waals surface area contributed by atoms with Crippen molar-refractivity contribution in [2.45, 2.75) is 27.2 Å². The summed E-state index contributed by atoms with van der Waals surface area (Å²) < 4.78 is 0. The highest BCUT2D eigenvalue weighted by Gasteiger charge is 1.99. The first-order chi connectivity index (χ1) is 6.22. The van der Waals surface area contributed by atoms with E-state index in [0.717, 1.165) is 18.1 Å². The van der Waals surface area contributed by atoms with Crippen molar-refractivity contribution in [3.05, 3.63) is 18.1 Å². The fraction of sp³-hybridized carbons (Fsp3) is 0.600. The lowest BCUT2D eigenvalue weighted by Gasteiger charge is -2.10. The highest BCUT2D eigenvalue weighted by atomic mass is 15.0. The average Bonchev–Trinajstić information content (AvgIpc) is 2.14. The molecule has 0 spiro atoms. The average molecular weight is 179 g/mol. The van der Waals surface area contributed by atoms with E-state index in [4.69, 9.17) is 0 Å². The molecule has 0 aliphatic rings. The Labute approximate surface area is 79.6 Å². The SMILES string of the molecule is CCC(C)CNc1cc(C)ncn1. The second-order valence-corrected chi connectivity index (χ2v) is 3.44. The molecule has 0 saturated heterocycles. The molecule has 1 rings (SSSR count). The van der Waals surface area contributed by atoms with E-state index in [2.05, 4.69) is 29.1 Å². The van der Waals surface area contributed by atoms with Crippen molar-refractivity contribution in [3.8, 4) is 0 Å². The van der Waals surface area contributed by atoms with Gasteiger partial charge in [0.15, 0.2) is 0 Å². The zero-order valence-electron chi connectivity index (χ0n) is 8.54. The van der Waals surface area contributed by atoms with Gasteiger partial charge in [0.1, 0.15) is 12.1 Å². The molecule has 1 unspecified atom stereocenters. The molecular formula is C10H17N3. The van der Waals surface area contributed by atoms with E-state index in [1.807, 2.05) is 13.0 Å². The van der Waals surface area contributed by atoms with Crippen LogP contribution in [0.4, 0.5) is 5.82 Å². The summed E-state index contributed by atoms with van der Waals surface area (Å²) in [6.07, 6.45) is 2.78. The summed E-state index contributed by atoms with van der Waals surface area (Å²) in [5.74, 6) is 1.61. The Hall–Kier alpha value is -1.12. The van der Waals surface area contributed by atoms with Gasteiger partial charge < -0.3 is 5.32 Å². The predicted octanol–water partition coefficient (Wildman–Crippen LogP) is 2.24. The van der Waals surface area contributed by atoms with Crippen LogP contribution in [0.5, 0.6) is 0 Å². The highest BCUT2D eigenvalue weighted by molar-refractivity contribution is 5.34. The lowest BCUT2D eigenvalue weighted by molar-refractivity contribution is 0.592. The maximum atomic E-state index is 4.12. The number of rotatable bonds is 4. The summed E-state index contributed by atoms with van der Waals surface area (Å²) >= 11 is 0. The third-order valence-electron chi connectivity index (χ3n) is 2.13. The van der Waals surface area contributed by atoms with Gasteiger partial charge in [-0.15, -0.1) is 0 Å². The van der Waals surface area contributed by atoms with Gasteiger partial charge in [-0.05, 0) is 12.8 Å². The molecule has 1 heterocycles. The van der Waals surface area contributed by atoms with Crippen LogP contribution in [0.15, 0.2) is 12.4 Å². The van der Waals surface area contributed by atoms with Crippen LogP contribution in [0.25, 0.3) is 0 Å². The molecule has 0 aromatic carbocycles. The molecule has 1 aromatic rings. The molecular weight excluding hydrogens is 162 g/mol. The number of aryl methyl sites for hydroxylation is 1. The lowest BCUT2D eigenvalue weighted by atomic mass is 10.1. The number of hydrogen-bond donors (Lipinski definition) is 1. The standard InChI is InChI=1S/C10H17N3/c1-4-8(2)6-11-10-5-9(3)12-7-13-10/h5,7-8H,4,6H2,1-3H3,(H,11,12,13). The van der Waals surface area contributed by atoms with E-state index in [0.29, 0.717) is 5.92 Å². The number of anilines is 1. The molecule has 0 bridgehead atoms. The van der Waals surface area contributed by atoms with Crippen LogP contribution in [0, 0.1) is 12.8 Å². The monoisotopic (exact) mass is 179 g/mol. The fourth-order valence-corrected chi connectivity index (χ4v) is 0.974. The Bertz CT molecular complexity index is 260. The normalized spacial score (nSPS) is 12.5. The summed E-state index contributed by atoms with van der Waals surface area (Å²) in [4.78, 5) is 8.16. The molecule has 0 amide bonds. The zero-order chi connectivity index (χ0) is 9.68. The minimum atomic E-state index is 0.690. The third kappa shape index (κ3) is 3.40. The lowest BCUT2D eigenvalue weighted by Crippen LogP contribution is -2.11. The van der Waals surface area contributed by atoms with Crippen molar-refractivity contribution in [3.63, 3.8) is 0 Å². The van der Waals surface area contributed by atoms with Crippen LogP contribution in [-0.4, -0.2) is 16.5 Å². The largest absolute Gasteiger partial charge is 0.370 e. The molecule has 3 heteroatoms. The molecule has 0 aliphatic carbocycles. The Morgan fingerprint density at radius 3 is 2.85 bits per heavy atom. The Morgan fingerprint density at radius 2 is 2.23 bits per heavy atom. The van der Waals surface area contributed by atoms with Crippen molar-refractivity contribution in [2.75, 3.05) is 11.9 Å². The van der Waals surface area contributed by atoms with Crippen molar-refractivity contribution in [2.24, 2.45) is 5.92 Å². The quantitative estimate of drug-likeness (QED) is 0.770. The van der Waals surface area contributed by atoms with Crippen LogP contribution in [0.2, 0.25) is 0 Å². The van der Waals surface area contributed by atoms with Gasteiger partial charge in [-0.25, -0.2) is 9.97 Å². The van der Waals surface area contributed by atoms with Gasteiger partial charge in [0.2, 0.25) is 0 Å². The topological polar surface area (TPSA) is 37.8 Å². The molecule has 0 aliphatic heterocycles. The summed E-state index contributed by atoms with van der Waals surface area (Å²) in [5.41, 5.74) is 1.00. The van der Waals surface area contributed by atoms with Gasteiger partial charge in [0.25, 0.3) is 0 Å². The molecule has 0 fully saturated rings. The number of hydrogen-bond acceptors (Lipinski definition) is 3. The van der Waals surface area contributed by atoms with Crippen molar-refractivity contribution in [1.82, 2.24) is 9.97 Å². The van der Waals surface area contributed by atoms with Crippen molar-refractivity contribution >= 4 is 5.82 Å². The molecule has 0 radical (unpaired) electrons. The van der Waals surface area contributed by atoms with Gasteiger partial charge in [-0.1, -0.05) is 20.3 Å². The van der Waals surface area contributed by atoms with E-state index in [-0.39, 0.29) is 0 Å². The number of nitrogens with one attached hydrogen (secondary N) is 1. The van der Waals surface area contributed by atoms with Gasteiger partial charge in [-0.2, -0.15) is 0 Å². The minimum Gasteiger partial charge on any atom is -0.370 e. The second-order valence-electron chi connectivity index (χ2n) is 3.44. The molecule has 0 saturated carbocycles. The zero-order valence-corrected chi connectivity index (χ0v) is 8.54. The predicted molar refractivity (Wildman–Crippen MR) is 54.7 cm³/mol. The molecule has 1 atom stereocenters. The summed E-state index contributed by atoms with van der Waals surface area (Å²) in [7, 11) is 0. The van der Waals surface area contributed by atoms with Gasteiger partial charge >= 0.3 is 0 Å². The van der Waals surface area contributed by atoms with Gasteiger partial charge in [0, 0.05) is 18.3 Å². The van der Waals surface area contributed by atoms with E-state index >= 15 is 0 Å². The van der Waals surface area contributed by atoms with Crippen molar-refractivity contribution < 1.29 is 0 Å². The molecule has 72 valence electrons. The number of aromatic nitrogens is 2. The Morgan fingerprint density at radius 1 is 1.46 bits per heavy atom. The van der Waals surface area contributed by atoms with E-state index in [1.54, 1.807) is 6.33 Å². The van der Waals surface area contributed by atoms with Crippen LogP contribution in [-0.2, 0) is 0 Å². The summed E-state index contributed by atoms with van der Waals surface area (Å²) in [6.45, 7) is 7.36. The van der Waals surface area contributed by atoms with Gasteiger partial charge in [-0.3, -0.25) is 0 Å². The maximum Gasteiger partial charge on any atom is 0.129 e. The van der Waals surface area contributed by atoms with Crippen LogP contribution >= 0.6 is 0 Å². The van der Waals surface area contributed by atoms with Gasteiger partial charge in [0.05, 0.1) is 0 Å². The third-order valence-corrected chi connectivity index (χ3v) is 2.13. The Kier molecular flexibility index (Phi) is 3.68. The first-order valence-corrected chi connectivity index (χ1v) is 4.75. The first-order valence-electron chi connectivity index (χ1n) is 4.75. The number of nitrogens with zero attached hydrogens (tertiary/aromatic N) is 2. The smallest absolute Gasteiger partial charge is 0.129 e. The molecule has 1 N–H and O–H groups in total. The van der Waals surface area contributed by atoms with Crippen LogP contribution in [0.3, 0.4) is 0 Å². The van der Waals surface area contributed by atoms with Crippen LogP contribution in [0.1, 0.15) is 26.0 Å². The molecule has 3 nitrogen and oxygen atoms in total. The summed E-state index contributed by atoms with van der Waals surface area (Å²) in [6, 6.07) is 1.96. The highest BCUT2D eigenvalue weighted by Crippen LogP contribution is 2.05. The maximum absolute atomic E-state index is 4.12. The molecule has 13 heavy (non-hydrogen) atoms. The second kappa shape index (κ2) is 4.80. The van der Waals surface area contributed by atoms with E-state index < -0.39 is 0 Å². The van der Waals surface area contributed by atoms with Crippen LogP contribution < -0.4 is 5.32 Å². The summed E-state index contributed by atoms with van der Waals surface area (Å²) in [5, 5.41) is 3.29. The van der Waals surface area contributed by atoms with Crippen molar-refractivity contribution in [1.29, 1.82) is 0 Å². The van der Waals surface area contributed by atoms with E-state index in [1.165, 1.54) is 6.42 Å².